The fourth-order valence-corrected chi connectivity index (χ4v) is 4.66. The fraction of sp³-hybridized carbons (Fsp3) is 0.208. The third kappa shape index (κ3) is 5.58. The van der Waals surface area contributed by atoms with E-state index in [9.17, 15) is 18.3 Å². The van der Waals surface area contributed by atoms with E-state index in [0.717, 1.165) is 11.1 Å². The number of aryl methyl sites for hydroxylation is 1. The van der Waals surface area contributed by atoms with Gasteiger partial charge in [0.1, 0.15) is 5.60 Å². The molecule has 6 nitrogen and oxygen atoms in total. The van der Waals surface area contributed by atoms with Crippen LogP contribution in [0.15, 0.2) is 77.7 Å². The Kier molecular flexibility index (Phi) is 6.59. The van der Waals surface area contributed by atoms with Crippen LogP contribution in [0.4, 0.5) is 5.69 Å². The van der Waals surface area contributed by atoms with Crippen LogP contribution in [0, 0.1) is 6.92 Å². The molecule has 31 heavy (non-hydrogen) atoms. The van der Waals surface area contributed by atoms with E-state index in [2.05, 4.69) is 10.0 Å². The lowest BCUT2D eigenvalue weighted by Crippen LogP contribution is -2.38. The van der Waals surface area contributed by atoms with Crippen LogP contribution in [-0.4, -0.2) is 26.0 Å². The topological polar surface area (TPSA) is 95.5 Å². The highest BCUT2D eigenvalue weighted by Gasteiger charge is 2.27. The molecule has 0 bridgehead atoms. The second-order valence-electron chi connectivity index (χ2n) is 7.70. The number of hydrogen-bond donors (Lipinski definition) is 3. The van der Waals surface area contributed by atoms with Gasteiger partial charge < -0.3 is 10.4 Å². The maximum Gasteiger partial charge on any atom is 0.240 e. The minimum absolute atomic E-state index is 0.0943. The molecule has 0 fully saturated rings. The van der Waals surface area contributed by atoms with Crippen molar-refractivity contribution in [3.05, 3.63) is 83.9 Å². The Balaban J connectivity index is 1.74. The molecule has 1 amide bonds. The van der Waals surface area contributed by atoms with Crippen LogP contribution < -0.4 is 10.0 Å². The Bertz CT molecular complexity index is 1170. The smallest absolute Gasteiger partial charge is 0.240 e. The lowest BCUT2D eigenvalue weighted by Gasteiger charge is -2.25. The zero-order valence-corrected chi connectivity index (χ0v) is 18.5. The molecule has 0 saturated heterocycles. The van der Waals surface area contributed by atoms with Crippen molar-refractivity contribution in [3.63, 3.8) is 0 Å². The van der Waals surface area contributed by atoms with Crippen LogP contribution in [0.2, 0.25) is 0 Å². The molecule has 1 atom stereocenters. The number of aliphatic hydroxyl groups is 1. The Morgan fingerprint density at radius 2 is 1.58 bits per heavy atom. The van der Waals surface area contributed by atoms with E-state index < -0.39 is 15.6 Å². The third-order valence-electron chi connectivity index (χ3n) is 5.01. The summed E-state index contributed by atoms with van der Waals surface area (Å²) < 4.78 is 28.1. The molecule has 3 aromatic rings. The van der Waals surface area contributed by atoms with Gasteiger partial charge in [-0.1, -0.05) is 54.6 Å². The SMILES string of the molecule is CC(=O)Nc1ccc(S(=O)(=O)NC[C@@](C)(O)c2ccc(-c3ccccc3)cc2)c(C)c1. The van der Waals surface area contributed by atoms with Gasteiger partial charge in [-0.05, 0) is 54.3 Å². The maximum atomic E-state index is 12.8. The lowest BCUT2D eigenvalue weighted by atomic mass is 9.94. The van der Waals surface area contributed by atoms with E-state index >= 15 is 0 Å². The standard InChI is InChI=1S/C24H26N2O4S/c1-17-15-22(26-18(2)27)13-14-23(17)31(29,30)25-16-24(3,28)21-11-9-20(10-12-21)19-7-5-4-6-8-19/h4-15,25,28H,16H2,1-3H3,(H,26,27)/t24-/m1/s1. The second-order valence-corrected chi connectivity index (χ2v) is 9.44. The Labute approximate surface area is 183 Å². The molecule has 0 aliphatic heterocycles. The summed E-state index contributed by atoms with van der Waals surface area (Å²) in [4.78, 5) is 11.3. The van der Waals surface area contributed by atoms with Gasteiger partial charge >= 0.3 is 0 Å². The van der Waals surface area contributed by atoms with E-state index in [1.54, 1.807) is 32.0 Å². The highest BCUT2D eigenvalue weighted by molar-refractivity contribution is 7.89. The number of carbonyl (C=O) groups is 1. The van der Waals surface area contributed by atoms with E-state index in [4.69, 9.17) is 0 Å². The van der Waals surface area contributed by atoms with Crippen LogP contribution in [-0.2, 0) is 20.4 Å². The summed E-state index contributed by atoms with van der Waals surface area (Å²) in [5, 5.41) is 13.5. The minimum Gasteiger partial charge on any atom is -0.384 e. The van der Waals surface area contributed by atoms with Gasteiger partial charge in [-0.2, -0.15) is 0 Å². The van der Waals surface area contributed by atoms with Gasteiger partial charge in [0, 0.05) is 19.2 Å². The lowest BCUT2D eigenvalue weighted by molar-refractivity contribution is -0.114. The number of sulfonamides is 1. The van der Waals surface area contributed by atoms with Gasteiger partial charge in [-0.25, -0.2) is 13.1 Å². The first-order valence-electron chi connectivity index (χ1n) is 9.85. The average Bonchev–Trinajstić information content (AvgIpc) is 2.73. The zero-order valence-electron chi connectivity index (χ0n) is 17.7. The first-order chi connectivity index (χ1) is 14.6. The molecule has 0 spiro atoms. The van der Waals surface area contributed by atoms with E-state index in [-0.39, 0.29) is 17.3 Å². The Hall–Kier alpha value is -3.00. The quantitative estimate of drug-likeness (QED) is 0.523. The highest BCUT2D eigenvalue weighted by atomic mass is 32.2. The molecule has 0 aliphatic rings. The number of hydrogen-bond acceptors (Lipinski definition) is 4. The van der Waals surface area contributed by atoms with Crippen LogP contribution in [0.25, 0.3) is 11.1 Å². The first-order valence-corrected chi connectivity index (χ1v) is 11.3. The average molecular weight is 439 g/mol. The zero-order chi connectivity index (χ0) is 22.6. The monoisotopic (exact) mass is 438 g/mol. The van der Waals surface area contributed by atoms with Gasteiger partial charge in [-0.3, -0.25) is 4.79 Å². The number of anilines is 1. The molecule has 3 rings (SSSR count). The highest BCUT2D eigenvalue weighted by Crippen LogP contribution is 2.26. The summed E-state index contributed by atoms with van der Waals surface area (Å²) in [6, 6.07) is 21.8. The largest absolute Gasteiger partial charge is 0.384 e. The van der Waals surface area contributed by atoms with Crippen LogP contribution >= 0.6 is 0 Å². The molecule has 3 N–H and O–H groups in total. The summed E-state index contributed by atoms with van der Waals surface area (Å²) in [5.41, 5.74) is 2.29. The Morgan fingerprint density at radius 3 is 2.16 bits per heavy atom. The van der Waals surface area contributed by atoms with E-state index in [1.807, 2.05) is 42.5 Å². The van der Waals surface area contributed by atoms with Crippen molar-refractivity contribution in [1.82, 2.24) is 4.72 Å². The molecular formula is C24H26N2O4S. The maximum absolute atomic E-state index is 12.8. The number of carbonyl (C=O) groups excluding carboxylic acids is 1. The minimum atomic E-state index is -3.85. The summed E-state index contributed by atoms with van der Waals surface area (Å²) in [6.07, 6.45) is 0. The number of amides is 1. The summed E-state index contributed by atoms with van der Waals surface area (Å²) in [5.74, 6) is -0.234. The van der Waals surface area contributed by atoms with Crippen molar-refractivity contribution >= 4 is 21.6 Å². The third-order valence-corrected chi connectivity index (χ3v) is 6.57. The molecule has 3 aromatic carbocycles. The van der Waals surface area contributed by atoms with Gasteiger partial charge in [0.05, 0.1) is 4.90 Å². The molecule has 0 aromatic heterocycles. The summed E-state index contributed by atoms with van der Waals surface area (Å²) >= 11 is 0. The predicted molar refractivity (Wildman–Crippen MR) is 122 cm³/mol. The van der Waals surface area contributed by atoms with Crippen molar-refractivity contribution in [3.8, 4) is 11.1 Å². The second kappa shape index (κ2) is 9.01. The molecule has 0 aliphatic carbocycles. The van der Waals surface area contributed by atoms with E-state index in [1.165, 1.54) is 19.1 Å². The van der Waals surface area contributed by atoms with Crippen LogP contribution in [0.1, 0.15) is 25.0 Å². The van der Waals surface area contributed by atoms with Gasteiger partial charge in [0.25, 0.3) is 0 Å². The number of nitrogens with one attached hydrogen (secondary N) is 2. The van der Waals surface area contributed by atoms with Gasteiger partial charge in [0.15, 0.2) is 0 Å². The number of benzene rings is 3. The molecule has 0 radical (unpaired) electrons. The Morgan fingerprint density at radius 1 is 0.968 bits per heavy atom. The van der Waals surface area contributed by atoms with E-state index in [0.29, 0.717) is 16.8 Å². The molecule has 0 unspecified atom stereocenters. The van der Waals surface area contributed by atoms with Crippen molar-refractivity contribution < 1.29 is 18.3 Å². The van der Waals surface area contributed by atoms with Gasteiger partial charge in [0.2, 0.25) is 15.9 Å². The molecule has 162 valence electrons. The molecule has 7 heteroatoms. The normalized spacial score (nSPS) is 13.4. The number of rotatable bonds is 7. The molecule has 0 heterocycles. The van der Waals surface area contributed by atoms with Crippen LogP contribution in [0.5, 0.6) is 0 Å². The first kappa shape index (κ1) is 22.7. The predicted octanol–water partition coefficient (Wildman–Crippen LogP) is 3.81. The van der Waals surface area contributed by atoms with Crippen molar-refractivity contribution in [2.45, 2.75) is 31.3 Å². The van der Waals surface area contributed by atoms with Gasteiger partial charge in [-0.15, -0.1) is 0 Å². The summed E-state index contributed by atoms with van der Waals surface area (Å²) in [7, 11) is -3.85. The van der Waals surface area contributed by atoms with Crippen LogP contribution in [0.3, 0.4) is 0 Å². The molecule has 0 saturated carbocycles. The summed E-state index contributed by atoms with van der Waals surface area (Å²) in [6.45, 7) is 4.42. The molecular weight excluding hydrogens is 412 g/mol. The van der Waals surface area contributed by atoms with Crippen molar-refractivity contribution in [1.29, 1.82) is 0 Å². The van der Waals surface area contributed by atoms with Crippen molar-refractivity contribution in [2.24, 2.45) is 0 Å². The van der Waals surface area contributed by atoms with Crippen molar-refractivity contribution in [2.75, 3.05) is 11.9 Å². The fourth-order valence-electron chi connectivity index (χ4n) is 3.30.